The molecule has 1 heterocycles. The predicted molar refractivity (Wildman–Crippen MR) is 97.5 cm³/mol. The Hall–Kier alpha value is -2.84. The molecule has 0 saturated heterocycles. The van der Waals surface area contributed by atoms with E-state index in [0.717, 1.165) is 11.1 Å². The van der Waals surface area contributed by atoms with E-state index in [9.17, 15) is 22.4 Å². The van der Waals surface area contributed by atoms with Crippen molar-refractivity contribution in [2.45, 2.75) is 38.6 Å². The second kappa shape index (κ2) is 8.67. The lowest BCUT2D eigenvalue weighted by atomic mass is 10.0. The summed E-state index contributed by atoms with van der Waals surface area (Å²) < 4.78 is 57.0. The van der Waals surface area contributed by atoms with Gasteiger partial charge in [-0.3, -0.25) is 0 Å². The van der Waals surface area contributed by atoms with Gasteiger partial charge in [0.2, 0.25) is 5.88 Å². The fourth-order valence-electron chi connectivity index (χ4n) is 2.86. The fraction of sp³-hybridized carbons (Fsp3) is 0.400. The van der Waals surface area contributed by atoms with E-state index in [4.69, 9.17) is 4.74 Å². The van der Waals surface area contributed by atoms with Crippen LogP contribution in [0, 0.1) is 11.2 Å². The molecule has 0 aliphatic heterocycles. The summed E-state index contributed by atoms with van der Waals surface area (Å²) in [7, 11) is 0. The molecule has 1 aromatic carbocycles. The van der Waals surface area contributed by atoms with Gasteiger partial charge in [-0.2, -0.15) is 13.2 Å². The van der Waals surface area contributed by atoms with E-state index in [1.807, 2.05) is 0 Å². The molecule has 0 atom stereocenters. The Morgan fingerprint density at radius 3 is 2.48 bits per heavy atom. The zero-order chi connectivity index (χ0) is 20.9. The quantitative estimate of drug-likeness (QED) is 0.636. The third kappa shape index (κ3) is 5.82. The molecule has 0 radical (unpaired) electrons. The molecule has 1 aromatic heterocycles. The standard InChI is InChI=1S/C20H21F4N3O2/c21-16-3-1-14(2-4-16)13-29-17-11-15(5-9-25-17)12-27-18(28)26-10-8-19(6-7-19)20(22,23)24/h1-5,9,11H,6-8,10,12-13H2,(H2,26,27,28). The van der Waals surface area contributed by atoms with Crippen LogP contribution >= 0.6 is 0 Å². The summed E-state index contributed by atoms with van der Waals surface area (Å²) in [5.74, 6) is 0.0128. The van der Waals surface area contributed by atoms with Crippen molar-refractivity contribution in [2.24, 2.45) is 5.41 Å². The number of halogens is 4. The highest BCUT2D eigenvalue weighted by Crippen LogP contribution is 2.59. The summed E-state index contributed by atoms with van der Waals surface area (Å²) in [6, 6.07) is 8.69. The summed E-state index contributed by atoms with van der Waals surface area (Å²) in [6.07, 6.45) is -2.56. The molecule has 2 amide bonds. The van der Waals surface area contributed by atoms with E-state index in [-0.39, 0.29) is 44.8 Å². The number of rotatable bonds is 8. The smallest absolute Gasteiger partial charge is 0.394 e. The van der Waals surface area contributed by atoms with Crippen molar-refractivity contribution in [3.8, 4) is 5.88 Å². The molecule has 5 nitrogen and oxygen atoms in total. The first kappa shape index (κ1) is 20.9. The largest absolute Gasteiger partial charge is 0.473 e. The number of aromatic nitrogens is 1. The van der Waals surface area contributed by atoms with Gasteiger partial charge in [-0.05, 0) is 48.6 Å². The molecule has 1 saturated carbocycles. The third-order valence-corrected chi connectivity index (χ3v) is 4.90. The van der Waals surface area contributed by atoms with Crippen molar-refractivity contribution >= 4 is 6.03 Å². The number of nitrogens with zero attached hydrogens (tertiary/aromatic N) is 1. The normalized spacial score (nSPS) is 14.9. The van der Waals surface area contributed by atoms with Gasteiger partial charge in [-0.15, -0.1) is 0 Å². The van der Waals surface area contributed by atoms with Crippen LogP contribution in [0.2, 0.25) is 0 Å². The highest BCUT2D eigenvalue weighted by atomic mass is 19.4. The Morgan fingerprint density at radius 2 is 1.83 bits per heavy atom. The highest BCUT2D eigenvalue weighted by Gasteiger charge is 2.62. The molecule has 2 N–H and O–H groups in total. The number of hydrogen-bond donors (Lipinski definition) is 2. The minimum atomic E-state index is -4.22. The first-order valence-corrected chi connectivity index (χ1v) is 9.18. The lowest BCUT2D eigenvalue weighted by Crippen LogP contribution is -2.37. The number of hydrogen-bond acceptors (Lipinski definition) is 3. The van der Waals surface area contributed by atoms with Crippen LogP contribution in [-0.4, -0.2) is 23.7 Å². The van der Waals surface area contributed by atoms with Crippen molar-refractivity contribution < 1.29 is 27.1 Å². The SMILES string of the molecule is O=C(NCCC1(C(F)(F)F)CC1)NCc1ccnc(OCc2ccc(F)cc2)c1. The van der Waals surface area contributed by atoms with Crippen molar-refractivity contribution in [2.75, 3.05) is 6.54 Å². The number of ether oxygens (including phenoxy) is 1. The van der Waals surface area contributed by atoms with E-state index in [2.05, 4.69) is 15.6 Å². The van der Waals surface area contributed by atoms with Crippen molar-refractivity contribution in [3.05, 3.63) is 59.5 Å². The topological polar surface area (TPSA) is 63.2 Å². The summed E-state index contributed by atoms with van der Waals surface area (Å²) in [6.45, 7) is 0.352. The Kier molecular flexibility index (Phi) is 6.24. The highest BCUT2D eigenvalue weighted by molar-refractivity contribution is 5.73. The zero-order valence-corrected chi connectivity index (χ0v) is 15.6. The van der Waals surface area contributed by atoms with Crippen molar-refractivity contribution in [1.29, 1.82) is 0 Å². The minimum Gasteiger partial charge on any atom is -0.473 e. The van der Waals surface area contributed by atoms with Gasteiger partial charge in [0.05, 0.1) is 5.41 Å². The number of nitrogens with one attached hydrogen (secondary N) is 2. The Labute approximate surface area is 165 Å². The zero-order valence-electron chi connectivity index (χ0n) is 15.6. The van der Waals surface area contributed by atoms with Crippen LogP contribution in [-0.2, 0) is 13.2 Å². The summed E-state index contributed by atoms with van der Waals surface area (Å²) in [5, 5.41) is 5.05. The number of benzene rings is 1. The average Bonchev–Trinajstić information content (AvgIpc) is 3.47. The lowest BCUT2D eigenvalue weighted by molar-refractivity contribution is -0.188. The second-order valence-corrected chi connectivity index (χ2v) is 7.06. The molecule has 1 aliphatic carbocycles. The Morgan fingerprint density at radius 1 is 1.10 bits per heavy atom. The monoisotopic (exact) mass is 411 g/mol. The summed E-state index contributed by atoms with van der Waals surface area (Å²) >= 11 is 0. The number of alkyl halides is 3. The third-order valence-electron chi connectivity index (χ3n) is 4.90. The van der Waals surface area contributed by atoms with Gasteiger partial charge >= 0.3 is 12.2 Å². The number of pyridine rings is 1. The maximum atomic E-state index is 12.9. The number of amides is 2. The molecule has 3 rings (SSSR count). The van der Waals surface area contributed by atoms with Crippen LogP contribution < -0.4 is 15.4 Å². The Bertz CT molecular complexity index is 836. The van der Waals surface area contributed by atoms with Crippen LogP contribution in [0.25, 0.3) is 0 Å². The van der Waals surface area contributed by atoms with Gasteiger partial charge in [0, 0.05) is 25.4 Å². The van der Waals surface area contributed by atoms with E-state index in [0.29, 0.717) is 5.88 Å². The van der Waals surface area contributed by atoms with E-state index < -0.39 is 17.6 Å². The van der Waals surface area contributed by atoms with Crippen LogP contribution in [0.1, 0.15) is 30.4 Å². The molecule has 9 heteroatoms. The predicted octanol–water partition coefficient (Wildman–Crippen LogP) is 4.33. The first-order valence-electron chi connectivity index (χ1n) is 9.18. The number of carbonyl (C=O) groups excluding carboxylic acids is 1. The van der Waals surface area contributed by atoms with Crippen LogP contribution in [0.4, 0.5) is 22.4 Å². The maximum Gasteiger partial charge on any atom is 0.394 e. The molecule has 2 aromatic rings. The van der Waals surface area contributed by atoms with E-state index in [1.165, 1.54) is 18.3 Å². The first-order chi connectivity index (χ1) is 13.8. The summed E-state index contributed by atoms with van der Waals surface area (Å²) in [5.41, 5.74) is -0.121. The second-order valence-electron chi connectivity index (χ2n) is 7.06. The lowest BCUT2D eigenvalue weighted by Gasteiger charge is -2.19. The number of carbonyl (C=O) groups is 1. The van der Waals surface area contributed by atoms with E-state index in [1.54, 1.807) is 24.3 Å². The molecule has 1 aliphatic rings. The van der Waals surface area contributed by atoms with E-state index >= 15 is 0 Å². The molecule has 156 valence electrons. The van der Waals surface area contributed by atoms with Gasteiger partial charge in [-0.1, -0.05) is 12.1 Å². The molecule has 0 spiro atoms. The molecule has 1 fully saturated rings. The fourth-order valence-corrected chi connectivity index (χ4v) is 2.86. The molecule has 29 heavy (non-hydrogen) atoms. The van der Waals surface area contributed by atoms with Gasteiger partial charge in [0.1, 0.15) is 12.4 Å². The minimum absolute atomic E-state index is 0.0340. The summed E-state index contributed by atoms with van der Waals surface area (Å²) in [4.78, 5) is 15.9. The van der Waals surface area contributed by atoms with Crippen molar-refractivity contribution in [3.63, 3.8) is 0 Å². The molecular formula is C20H21F4N3O2. The van der Waals surface area contributed by atoms with Gasteiger partial charge < -0.3 is 15.4 Å². The Balaban J connectivity index is 1.40. The van der Waals surface area contributed by atoms with Gasteiger partial charge in [0.15, 0.2) is 0 Å². The van der Waals surface area contributed by atoms with Crippen LogP contribution in [0.5, 0.6) is 5.88 Å². The van der Waals surface area contributed by atoms with Crippen LogP contribution in [0.15, 0.2) is 42.6 Å². The molecule has 0 bridgehead atoms. The van der Waals surface area contributed by atoms with Gasteiger partial charge in [0.25, 0.3) is 0 Å². The average molecular weight is 411 g/mol. The van der Waals surface area contributed by atoms with Crippen molar-refractivity contribution in [1.82, 2.24) is 15.6 Å². The molecular weight excluding hydrogens is 390 g/mol. The van der Waals surface area contributed by atoms with Gasteiger partial charge in [-0.25, -0.2) is 14.2 Å². The maximum absolute atomic E-state index is 12.9. The van der Waals surface area contributed by atoms with Crippen LogP contribution in [0.3, 0.4) is 0 Å². The molecule has 0 unspecified atom stereocenters. The number of urea groups is 1.